The Kier molecular flexibility index (Phi) is 11.5. The van der Waals surface area contributed by atoms with Gasteiger partial charge in [-0.1, -0.05) is 30.3 Å². The Morgan fingerprint density at radius 2 is 1.76 bits per heavy atom. The van der Waals surface area contributed by atoms with Crippen LogP contribution in [0.4, 0.5) is 0 Å². The number of guanidine groups is 1. The molecule has 3 atom stereocenters. The number of carboxylic acid groups (broad SMARTS) is 1. The lowest BCUT2D eigenvalue weighted by Crippen LogP contribution is -2.54. The molecule has 200 valence electrons. The van der Waals surface area contributed by atoms with Gasteiger partial charge < -0.3 is 43.2 Å². The van der Waals surface area contributed by atoms with E-state index in [0.717, 1.165) is 5.56 Å². The summed E-state index contributed by atoms with van der Waals surface area (Å²) in [5.41, 5.74) is 17.9. The van der Waals surface area contributed by atoms with Crippen molar-refractivity contribution in [1.29, 1.82) is 0 Å². The summed E-state index contributed by atoms with van der Waals surface area (Å²) in [6, 6.07) is 5.95. The third-order valence-corrected chi connectivity index (χ3v) is 5.25. The van der Waals surface area contributed by atoms with E-state index in [1.165, 1.54) is 12.5 Å². The number of H-pyrrole nitrogens is 1. The number of hydrogen-bond donors (Lipinski definition) is 8. The van der Waals surface area contributed by atoms with Gasteiger partial charge in [-0.05, 0) is 24.8 Å². The monoisotopic (exact) mass is 515 g/mol. The fourth-order valence-electron chi connectivity index (χ4n) is 3.37. The van der Waals surface area contributed by atoms with Gasteiger partial charge in [-0.3, -0.25) is 19.4 Å². The van der Waals surface area contributed by atoms with Gasteiger partial charge in [0.25, 0.3) is 0 Å². The standard InChI is InChI=1S/C23H33N9O5/c24-16(9-14-5-2-1-3-6-14)20(34)29-12-19(33)31-17(7-4-8-28-23(25)26)21(35)32-18(22(36)37)10-15-11-27-13-30-15/h1-3,5-6,11,13,16-18H,4,7-10,12,24H2,(H,27,30)(H,29,34)(H,31,33)(H,32,35)(H,36,37)(H4,25,26,28). The highest BCUT2D eigenvalue weighted by molar-refractivity contribution is 5.92. The maximum absolute atomic E-state index is 12.9. The van der Waals surface area contributed by atoms with Gasteiger partial charge in [-0.15, -0.1) is 0 Å². The molecule has 14 nitrogen and oxygen atoms in total. The van der Waals surface area contributed by atoms with Crippen molar-refractivity contribution in [2.45, 2.75) is 43.8 Å². The lowest BCUT2D eigenvalue weighted by molar-refractivity contribution is -0.142. The van der Waals surface area contributed by atoms with Crippen molar-refractivity contribution in [2.24, 2.45) is 22.2 Å². The summed E-state index contributed by atoms with van der Waals surface area (Å²) in [6.45, 7) is -0.223. The Bertz CT molecular complexity index is 1060. The van der Waals surface area contributed by atoms with Crippen LogP contribution in [0, 0.1) is 0 Å². The number of nitrogens with two attached hydrogens (primary N) is 3. The molecule has 3 unspecified atom stereocenters. The molecule has 0 aliphatic carbocycles. The minimum Gasteiger partial charge on any atom is -0.480 e. The summed E-state index contributed by atoms with van der Waals surface area (Å²) in [6.07, 6.45) is 3.53. The third-order valence-electron chi connectivity index (χ3n) is 5.25. The van der Waals surface area contributed by atoms with E-state index in [0.29, 0.717) is 12.1 Å². The number of carboxylic acids is 1. The topological polar surface area (TPSA) is 244 Å². The number of carbonyl (C=O) groups is 4. The van der Waals surface area contributed by atoms with Crippen LogP contribution >= 0.6 is 0 Å². The second kappa shape index (κ2) is 14.8. The minimum atomic E-state index is -1.26. The molecule has 1 aromatic heterocycles. The molecule has 1 heterocycles. The van der Waals surface area contributed by atoms with E-state index in [1.807, 2.05) is 30.3 Å². The number of aliphatic imine (C=N–C) groups is 1. The first-order chi connectivity index (χ1) is 17.7. The molecular formula is C23H33N9O5. The van der Waals surface area contributed by atoms with Crippen LogP contribution in [0.15, 0.2) is 47.8 Å². The Hall–Kier alpha value is -4.46. The molecule has 0 spiro atoms. The van der Waals surface area contributed by atoms with Gasteiger partial charge in [-0.25, -0.2) is 9.78 Å². The summed E-state index contributed by atoms with van der Waals surface area (Å²) < 4.78 is 0. The number of hydrogen-bond acceptors (Lipinski definition) is 7. The molecule has 0 radical (unpaired) electrons. The molecule has 3 amide bonds. The molecule has 0 fully saturated rings. The van der Waals surface area contributed by atoms with Crippen LogP contribution in [0.5, 0.6) is 0 Å². The third kappa shape index (κ3) is 10.8. The van der Waals surface area contributed by atoms with E-state index in [2.05, 4.69) is 30.9 Å². The first kappa shape index (κ1) is 28.8. The van der Waals surface area contributed by atoms with Crippen molar-refractivity contribution in [3.63, 3.8) is 0 Å². The van der Waals surface area contributed by atoms with Crippen molar-refractivity contribution in [2.75, 3.05) is 13.1 Å². The number of aromatic amines is 1. The van der Waals surface area contributed by atoms with Crippen molar-refractivity contribution in [3.8, 4) is 0 Å². The summed E-state index contributed by atoms with van der Waals surface area (Å²) in [7, 11) is 0. The Morgan fingerprint density at radius 3 is 2.38 bits per heavy atom. The predicted molar refractivity (Wildman–Crippen MR) is 135 cm³/mol. The summed E-state index contributed by atoms with van der Waals surface area (Å²) >= 11 is 0. The molecule has 11 N–H and O–H groups in total. The number of nitrogens with one attached hydrogen (secondary N) is 4. The smallest absolute Gasteiger partial charge is 0.326 e. The molecule has 37 heavy (non-hydrogen) atoms. The van der Waals surface area contributed by atoms with Gasteiger partial charge in [0.05, 0.1) is 18.9 Å². The van der Waals surface area contributed by atoms with Gasteiger partial charge in [0.1, 0.15) is 12.1 Å². The highest BCUT2D eigenvalue weighted by atomic mass is 16.4. The molecule has 0 aliphatic rings. The minimum absolute atomic E-state index is 0.0366. The van der Waals surface area contributed by atoms with Crippen LogP contribution in [-0.4, -0.2) is 75.9 Å². The molecule has 0 bridgehead atoms. The predicted octanol–water partition coefficient (Wildman–Crippen LogP) is -2.25. The number of aromatic nitrogens is 2. The second-order valence-corrected chi connectivity index (χ2v) is 8.26. The highest BCUT2D eigenvalue weighted by Gasteiger charge is 2.27. The van der Waals surface area contributed by atoms with Gasteiger partial charge in [0.2, 0.25) is 17.7 Å². The normalized spacial score (nSPS) is 13.0. The molecule has 2 rings (SSSR count). The SMILES string of the molecule is NC(N)=NCCCC(NC(=O)CNC(=O)C(N)Cc1ccccc1)C(=O)NC(Cc1cnc[nH]1)C(=O)O. The molecular weight excluding hydrogens is 482 g/mol. The van der Waals surface area contributed by atoms with Crippen LogP contribution in [0.2, 0.25) is 0 Å². The zero-order chi connectivity index (χ0) is 27.2. The van der Waals surface area contributed by atoms with Crippen molar-refractivity contribution in [1.82, 2.24) is 25.9 Å². The van der Waals surface area contributed by atoms with Crippen LogP contribution in [0.3, 0.4) is 0 Å². The number of carbonyl (C=O) groups excluding carboxylic acids is 3. The van der Waals surface area contributed by atoms with E-state index in [1.54, 1.807) is 0 Å². The maximum atomic E-state index is 12.9. The average Bonchev–Trinajstić information content (AvgIpc) is 3.37. The Balaban J connectivity index is 1.95. The molecule has 14 heteroatoms. The second-order valence-electron chi connectivity index (χ2n) is 8.26. The maximum Gasteiger partial charge on any atom is 0.326 e. The van der Waals surface area contributed by atoms with Crippen LogP contribution in [-0.2, 0) is 32.0 Å². The van der Waals surface area contributed by atoms with Gasteiger partial charge in [-0.2, -0.15) is 0 Å². The largest absolute Gasteiger partial charge is 0.480 e. The number of nitrogens with zero attached hydrogens (tertiary/aromatic N) is 2. The number of imidazole rings is 1. The van der Waals surface area contributed by atoms with E-state index >= 15 is 0 Å². The number of aliphatic carboxylic acids is 1. The average molecular weight is 516 g/mol. The van der Waals surface area contributed by atoms with Crippen LogP contribution < -0.4 is 33.2 Å². The fraction of sp³-hybridized carbons (Fsp3) is 0.391. The molecule has 2 aromatic rings. The zero-order valence-corrected chi connectivity index (χ0v) is 20.2. The molecule has 1 aromatic carbocycles. The van der Waals surface area contributed by atoms with Crippen molar-refractivity contribution < 1.29 is 24.3 Å². The Labute approximate surface area is 213 Å². The number of amides is 3. The number of rotatable bonds is 15. The van der Waals surface area contributed by atoms with Gasteiger partial charge in [0.15, 0.2) is 5.96 Å². The summed E-state index contributed by atoms with van der Waals surface area (Å²) in [5, 5.41) is 16.9. The van der Waals surface area contributed by atoms with Gasteiger partial charge in [0, 0.05) is 24.9 Å². The van der Waals surface area contributed by atoms with Crippen LogP contribution in [0.25, 0.3) is 0 Å². The number of benzene rings is 1. The first-order valence-corrected chi connectivity index (χ1v) is 11.6. The Morgan fingerprint density at radius 1 is 1.03 bits per heavy atom. The van der Waals surface area contributed by atoms with Crippen LogP contribution in [0.1, 0.15) is 24.1 Å². The lowest BCUT2D eigenvalue weighted by Gasteiger charge is -2.21. The van der Waals surface area contributed by atoms with E-state index in [9.17, 15) is 24.3 Å². The zero-order valence-electron chi connectivity index (χ0n) is 20.2. The highest BCUT2D eigenvalue weighted by Crippen LogP contribution is 2.04. The van der Waals surface area contributed by atoms with Gasteiger partial charge >= 0.3 is 5.97 Å². The summed E-state index contributed by atoms with van der Waals surface area (Å²) in [5.74, 6) is -3.27. The quantitative estimate of drug-likeness (QED) is 0.0724. The lowest BCUT2D eigenvalue weighted by atomic mass is 10.1. The summed E-state index contributed by atoms with van der Waals surface area (Å²) in [4.78, 5) is 59.8. The van der Waals surface area contributed by atoms with E-state index in [4.69, 9.17) is 17.2 Å². The molecule has 0 aliphatic heterocycles. The molecule has 0 saturated heterocycles. The first-order valence-electron chi connectivity index (χ1n) is 11.6. The fourth-order valence-corrected chi connectivity index (χ4v) is 3.37. The van der Waals surface area contributed by atoms with E-state index < -0.39 is 48.4 Å². The molecule has 0 saturated carbocycles. The van der Waals surface area contributed by atoms with Crippen molar-refractivity contribution in [3.05, 3.63) is 54.1 Å². The van der Waals surface area contributed by atoms with E-state index in [-0.39, 0.29) is 31.8 Å². The van der Waals surface area contributed by atoms with Crippen molar-refractivity contribution >= 4 is 29.7 Å².